The highest BCUT2D eigenvalue weighted by Gasteiger charge is 2.35. The van der Waals surface area contributed by atoms with Crippen LogP contribution in [0.15, 0.2) is 47.7 Å². The van der Waals surface area contributed by atoms with Crippen molar-refractivity contribution < 1.29 is 14.3 Å². The molecule has 2 aliphatic heterocycles. The first kappa shape index (κ1) is 27.2. The highest BCUT2D eigenvalue weighted by Crippen LogP contribution is 2.33. The van der Waals surface area contributed by atoms with Crippen LogP contribution >= 0.6 is 11.6 Å². The normalized spacial score (nSPS) is 18.6. The van der Waals surface area contributed by atoms with Crippen molar-refractivity contribution >= 4 is 29.3 Å². The molecular weight excluding hydrogens is 492 g/mol. The zero-order chi connectivity index (χ0) is 26.6. The van der Waals surface area contributed by atoms with Gasteiger partial charge < -0.3 is 19.5 Å². The van der Waals surface area contributed by atoms with Crippen molar-refractivity contribution in [1.82, 2.24) is 24.7 Å². The van der Waals surface area contributed by atoms with E-state index in [-0.39, 0.29) is 24.5 Å². The summed E-state index contributed by atoms with van der Waals surface area (Å²) in [6.07, 6.45) is 2.54. The summed E-state index contributed by atoms with van der Waals surface area (Å²) in [5.41, 5.74) is 2.32. The van der Waals surface area contributed by atoms with Crippen LogP contribution in [0.4, 0.5) is 4.79 Å². The molecule has 2 aliphatic rings. The number of benzene rings is 1. The minimum Gasteiger partial charge on any atom is -0.379 e. The van der Waals surface area contributed by atoms with E-state index in [4.69, 9.17) is 21.4 Å². The van der Waals surface area contributed by atoms with Gasteiger partial charge in [0.05, 0.1) is 30.7 Å². The van der Waals surface area contributed by atoms with Crippen molar-refractivity contribution in [2.75, 3.05) is 45.9 Å². The molecular formula is C27H37ClN6O3. The lowest BCUT2D eigenvalue weighted by atomic mass is 10.0. The van der Waals surface area contributed by atoms with Gasteiger partial charge in [0, 0.05) is 56.4 Å². The largest absolute Gasteiger partial charge is 0.379 e. The van der Waals surface area contributed by atoms with E-state index in [0.29, 0.717) is 37.7 Å². The lowest BCUT2D eigenvalue weighted by Gasteiger charge is -2.32. The summed E-state index contributed by atoms with van der Waals surface area (Å²) in [6.45, 7) is 9.83. The summed E-state index contributed by atoms with van der Waals surface area (Å²) in [4.78, 5) is 30.8. The van der Waals surface area contributed by atoms with Crippen LogP contribution in [0.2, 0.25) is 5.02 Å². The molecule has 1 aromatic heterocycles. The summed E-state index contributed by atoms with van der Waals surface area (Å²) in [5, 5.41) is 9.95. The number of aryl methyl sites for hydroxylation is 1. The fourth-order valence-electron chi connectivity index (χ4n) is 4.58. The lowest BCUT2D eigenvalue weighted by Crippen LogP contribution is -2.53. The van der Waals surface area contributed by atoms with Crippen LogP contribution in [0.3, 0.4) is 0 Å². The first-order valence-electron chi connectivity index (χ1n) is 12.7. The van der Waals surface area contributed by atoms with Gasteiger partial charge in [-0.2, -0.15) is 5.10 Å². The first-order chi connectivity index (χ1) is 17.6. The lowest BCUT2D eigenvalue weighted by molar-refractivity contribution is -0.133. The van der Waals surface area contributed by atoms with Crippen LogP contribution in [0, 0.1) is 0 Å². The third kappa shape index (κ3) is 7.12. The van der Waals surface area contributed by atoms with Crippen molar-refractivity contribution in [3.05, 3.63) is 58.9 Å². The Morgan fingerprint density at radius 3 is 2.49 bits per heavy atom. The fraction of sp³-hybridized carbons (Fsp3) is 0.519. The molecule has 4 rings (SSSR count). The van der Waals surface area contributed by atoms with Gasteiger partial charge in [0.15, 0.2) is 0 Å². The summed E-state index contributed by atoms with van der Waals surface area (Å²) in [6, 6.07) is 10.9. The van der Waals surface area contributed by atoms with Crippen LogP contribution in [0.25, 0.3) is 0 Å². The van der Waals surface area contributed by atoms with Crippen LogP contribution in [-0.2, 0) is 16.6 Å². The summed E-state index contributed by atoms with van der Waals surface area (Å²) >= 11 is 6.13. The summed E-state index contributed by atoms with van der Waals surface area (Å²) < 4.78 is 7.44. The number of urea groups is 1. The average Bonchev–Trinajstić information content (AvgIpc) is 3.48. The number of halogens is 1. The van der Waals surface area contributed by atoms with Crippen LogP contribution in [0.5, 0.6) is 0 Å². The number of amides is 3. The predicted molar refractivity (Wildman–Crippen MR) is 145 cm³/mol. The Labute approximate surface area is 224 Å². The Balaban J connectivity index is 1.56. The van der Waals surface area contributed by atoms with Crippen LogP contribution in [-0.4, -0.2) is 88.5 Å². The van der Waals surface area contributed by atoms with E-state index in [1.807, 2.05) is 75.0 Å². The number of rotatable bonds is 7. The number of ether oxygens (including phenoxy) is 1. The molecule has 1 N–H and O–H groups in total. The maximum atomic E-state index is 13.8. The standard InChI is InChI=1S/C27H37ClN6O3/c1-27(2,3)29-26(36)33(13-12-32-14-16-37-17-15-32)19-25(35)34-24(20-7-9-21(28)10-8-20)18-22(30-34)23-6-5-11-31(23)4/h5-11,24H,12-19H2,1-4H3,(H,29,36)/t24-/m0/s1. The summed E-state index contributed by atoms with van der Waals surface area (Å²) in [5.74, 6) is -0.227. The minimum atomic E-state index is -0.422. The topological polar surface area (TPSA) is 82.4 Å². The number of hydrogen-bond acceptors (Lipinski definition) is 5. The molecule has 200 valence electrons. The van der Waals surface area contributed by atoms with E-state index in [1.165, 1.54) is 5.01 Å². The molecule has 1 aromatic carbocycles. The number of carbonyl (C=O) groups excluding carboxylic acids is 2. The predicted octanol–water partition coefficient (Wildman–Crippen LogP) is 3.50. The molecule has 0 radical (unpaired) electrons. The monoisotopic (exact) mass is 528 g/mol. The van der Waals surface area contributed by atoms with Gasteiger partial charge in [-0.05, 0) is 50.6 Å². The van der Waals surface area contributed by atoms with Crippen molar-refractivity contribution in [2.24, 2.45) is 12.1 Å². The van der Waals surface area contributed by atoms with Gasteiger partial charge in [-0.15, -0.1) is 0 Å². The number of aromatic nitrogens is 1. The third-order valence-corrected chi connectivity index (χ3v) is 6.80. The van der Waals surface area contributed by atoms with E-state index >= 15 is 0 Å². The molecule has 0 bridgehead atoms. The number of hydrogen-bond donors (Lipinski definition) is 1. The van der Waals surface area contributed by atoms with E-state index in [0.717, 1.165) is 30.1 Å². The molecule has 3 amide bonds. The molecule has 1 fully saturated rings. The van der Waals surface area contributed by atoms with E-state index in [1.54, 1.807) is 4.90 Å². The maximum absolute atomic E-state index is 13.8. The zero-order valence-corrected chi connectivity index (χ0v) is 22.9. The van der Waals surface area contributed by atoms with Gasteiger partial charge in [-0.25, -0.2) is 9.80 Å². The number of nitrogens with one attached hydrogen (secondary N) is 1. The Hall–Kier alpha value is -2.88. The Kier molecular flexibility index (Phi) is 8.56. The van der Waals surface area contributed by atoms with E-state index in [2.05, 4.69) is 10.2 Å². The summed E-state index contributed by atoms with van der Waals surface area (Å²) in [7, 11) is 1.96. The minimum absolute atomic E-state index is 0.0692. The number of carbonyl (C=O) groups is 2. The van der Waals surface area contributed by atoms with Crippen molar-refractivity contribution in [3.63, 3.8) is 0 Å². The third-order valence-electron chi connectivity index (χ3n) is 6.55. The molecule has 0 aliphatic carbocycles. The second kappa shape index (κ2) is 11.7. The molecule has 0 spiro atoms. The molecule has 1 atom stereocenters. The molecule has 9 nitrogen and oxygen atoms in total. The van der Waals surface area contributed by atoms with Gasteiger partial charge >= 0.3 is 6.03 Å². The second-order valence-electron chi connectivity index (χ2n) is 10.6. The molecule has 0 saturated carbocycles. The quantitative estimate of drug-likeness (QED) is 0.596. The number of hydrazone groups is 1. The van der Waals surface area contributed by atoms with Gasteiger partial charge in [0.2, 0.25) is 0 Å². The number of nitrogens with zero attached hydrogens (tertiary/aromatic N) is 5. The van der Waals surface area contributed by atoms with Gasteiger partial charge in [-0.3, -0.25) is 9.69 Å². The molecule has 2 aromatic rings. The van der Waals surface area contributed by atoms with Crippen molar-refractivity contribution in [3.8, 4) is 0 Å². The highest BCUT2D eigenvalue weighted by molar-refractivity contribution is 6.30. The smallest absolute Gasteiger partial charge is 0.318 e. The van der Waals surface area contributed by atoms with Crippen LogP contribution < -0.4 is 5.32 Å². The zero-order valence-electron chi connectivity index (χ0n) is 22.1. The molecule has 0 unspecified atom stereocenters. The molecule has 3 heterocycles. The molecule has 10 heteroatoms. The SMILES string of the molecule is Cn1cccc1C1=NN(C(=O)CN(CCN2CCOCC2)C(=O)NC(C)(C)C)[C@H](c2ccc(Cl)cc2)C1. The van der Waals surface area contributed by atoms with Gasteiger partial charge in [0.1, 0.15) is 6.54 Å². The Morgan fingerprint density at radius 1 is 1.16 bits per heavy atom. The van der Waals surface area contributed by atoms with Crippen molar-refractivity contribution in [1.29, 1.82) is 0 Å². The fourth-order valence-corrected chi connectivity index (χ4v) is 4.70. The Bertz CT molecular complexity index is 1120. The van der Waals surface area contributed by atoms with Crippen LogP contribution in [0.1, 0.15) is 44.5 Å². The Morgan fingerprint density at radius 2 is 1.86 bits per heavy atom. The van der Waals surface area contributed by atoms with E-state index < -0.39 is 5.54 Å². The van der Waals surface area contributed by atoms with Gasteiger partial charge in [-0.1, -0.05) is 23.7 Å². The maximum Gasteiger partial charge on any atom is 0.318 e. The molecule has 37 heavy (non-hydrogen) atoms. The van der Waals surface area contributed by atoms with E-state index in [9.17, 15) is 9.59 Å². The van der Waals surface area contributed by atoms with Gasteiger partial charge in [0.25, 0.3) is 5.91 Å². The second-order valence-corrected chi connectivity index (χ2v) is 11.1. The average molecular weight is 529 g/mol. The first-order valence-corrected chi connectivity index (χ1v) is 13.1. The highest BCUT2D eigenvalue weighted by atomic mass is 35.5. The van der Waals surface area contributed by atoms with Crippen molar-refractivity contribution in [2.45, 2.75) is 38.8 Å². The number of morpholine rings is 1. The molecule has 1 saturated heterocycles.